The van der Waals surface area contributed by atoms with Crippen LogP contribution in [-0.4, -0.2) is 9.78 Å². The van der Waals surface area contributed by atoms with Crippen molar-refractivity contribution in [2.75, 3.05) is 0 Å². The zero-order valence-electron chi connectivity index (χ0n) is 10.6. The number of rotatable bonds is 1. The first-order valence-electron chi connectivity index (χ1n) is 6.52. The fraction of sp³-hybridized carbons (Fsp3) is 0.500. The van der Waals surface area contributed by atoms with Crippen LogP contribution < -0.4 is 5.73 Å². The maximum Gasteiger partial charge on any atom is 0.158 e. The summed E-state index contributed by atoms with van der Waals surface area (Å²) in [6.07, 6.45) is 5.87. The highest BCUT2D eigenvalue weighted by Gasteiger charge is 2.29. The first kappa shape index (κ1) is 12.0. The molecule has 0 atom stereocenters. The molecular weight excluding hydrogens is 246 g/mol. The third kappa shape index (κ3) is 1.82. The van der Waals surface area contributed by atoms with E-state index in [4.69, 9.17) is 17.3 Å². The van der Waals surface area contributed by atoms with Crippen molar-refractivity contribution >= 4 is 22.5 Å². The van der Waals surface area contributed by atoms with E-state index in [9.17, 15) is 0 Å². The van der Waals surface area contributed by atoms with Gasteiger partial charge in [-0.2, -0.15) is 5.10 Å². The Balaban J connectivity index is 2.10. The van der Waals surface area contributed by atoms with Crippen LogP contribution in [0.1, 0.15) is 37.7 Å². The molecule has 4 heteroatoms. The number of nitrogens with two attached hydrogens (primary N) is 1. The van der Waals surface area contributed by atoms with E-state index in [1.165, 1.54) is 24.8 Å². The van der Waals surface area contributed by atoms with E-state index in [2.05, 4.69) is 23.3 Å². The van der Waals surface area contributed by atoms with Crippen molar-refractivity contribution in [3.05, 3.63) is 28.9 Å². The van der Waals surface area contributed by atoms with Crippen LogP contribution in [0.25, 0.3) is 10.9 Å². The van der Waals surface area contributed by atoms with Crippen molar-refractivity contribution in [2.24, 2.45) is 12.8 Å². The molecule has 0 radical (unpaired) electrons. The summed E-state index contributed by atoms with van der Waals surface area (Å²) in [5.41, 5.74) is 8.64. The molecule has 1 saturated carbocycles. The predicted octanol–water partition coefficient (Wildman–Crippen LogP) is 3.34. The first-order chi connectivity index (χ1) is 8.60. The largest absolute Gasteiger partial charge is 0.321 e. The lowest BCUT2D eigenvalue weighted by atomic mass is 9.77. The zero-order valence-corrected chi connectivity index (χ0v) is 11.4. The van der Waals surface area contributed by atoms with Gasteiger partial charge in [0.2, 0.25) is 0 Å². The van der Waals surface area contributed by atoms with Gasteiger partial charge in [-0.25, -0.2) is 0 Å². The Bertz CT molecular complexity index is 582. The van der Waals surface area contributed by atoms with Crippen molar-refractivity contribution in [3.63, 3.8) is 0 Å². The van der Waals surface area contributed by atoms with Gasteiger partial charge in [-0.05, 0) is 30.5 Å². The quantitative estimate of drug-likeness (QED) is 0.858. The minimum absolute atomic E-state index is 0.175. The van der Waals surface area contributed by atoms with E-state index in [-0.39, 0.29) is 5.54 Å². The minimum atomic E-state index is -0.175. The van der Waals surface area contributed by atoms with Crippen LogP contribution in [0, 0.1) is 0 Å². The minimum Gasteiger partial charge on any atom is -0.321 e. The van der Waals surface area contributed by atoms with Crippen molar-refractivity contribution < 1.29 is 0 Å². The molecule has 0 aliphatic heterocycles. The molecule has 2 aromatic rings. The molecule has 1 aromatic heterocycles. The van der Waals surface area contributed by atoms with Gasteiger partial charge < -0.3 is 5.73 Å². The van der Waals surface area contributed by atoms with Crippen molar-refractivity contribution in [2.45, 2.75) is 37.6 Å². The second kappa shape index (κ2) is 4.25. The van der Waals surface area contributed by atoms with Crippen LogP contribution in [0.3, 0.4) is 0 Å². The van der Waals surface area contributed by atoms with Gasteiger partial charge >= 0.3 is 0 Å². The molecule has 1 heterocycles. The molecule has 1 fully saturated rings. The van der Waals surface area contributed by atoms with E-state index in [1.54, 1.807) is 0 Å². The summed E-state index contributed by atoms with van der Waals surface area (Å²) in [5.74, 6) is 0. The van der Waals surface area contributed by atoms with Crippen LogP contribution in [-0.2, 0) is 12.6 Å². The van der Waals surface area contributed by atoms with E-state index >= 15 is 0 Å². The van der Waals surface area contributed by atoms with Gasteiger partial charge in [0, 0.05) is 18.0 Å². The molecule has 0 bridgehead atoms. The predicted molar refractivity (Wildman–Crippen MR) is 74.7 cm³/mol. The Morgan fingerprint density at radius 2 is 2.00 bits per heavy atom. The molecule has 0 spiro atoms. The second-order valence-corrected chi connectivity index (χ2v) is 5.72. The van der Waals surface area contributed by atoms with Crippen molar-refractivity contribution in [1.82, 2.24) is 9.78 Å². The lowest BCUT2D eigenvalue weighted by Crippen LogP contribution is -2.38. The van der Waals surface area contributed by atoms with Gasteiger partial charge in [0.05, 0.1) is 5.52 Å². The third-order valence-corrected chi connectivity index (χ3v) is 4.41. The van der Waals surface area contributed by atoms with Crippen LogP contribution in [0.4, 0.5) is 0 Å². The number of nitrogens with zero attached hydrogens (tertiary/aromatic N) is 2. The van der Waals surface area contributed by atoms with Crippen LogP contribution in [0.2, 0.25) is 5.15 Å². The molecule has 2 N–H and O–H groups in total. The zero-order chi connectivity index (χ0) is 12.8. The van der Waals surface area contributed by atoms with Crippen LogP contribution >= 0.6 is 11.6 Å². The van der Waals surface area contributed by atoms with Crippen LogP contribution in [0.15, 0.2) is 18.2 Å². The fourth-order valence-electron chi connectivity index (χ4n) is 3.00. The summed E-state index contributed by atoms with van der Waals surface area (Å²) in [7, 11) is 1.91. The fourth-order valence-corrected chi connectivity index (χ4v) is 3.27. The Labute approximate surface area is 112 Å². The highest BCUT2D eigenvalue weighted by Crippen LogP contribution is 2.36. The standard InChI is InChI=1S/C14H18ClN3/c1-18-12-6-5-10(9-11(12)13(15)17-18)14(16)7-3-2-4-8-14/h5-6,9H,2-4,7-8,16H2,1H3. The summed E-state index contributed by atoms with van der Waals surface area (Å²) in [6.45, 7) is 0. The smallest absolute Gasteiger partial charge is 0.158 e. The Morgan fingerprint density at radius 1 is 1.28 bits per heavy atom. The molecular formula is C14H18ClN3. The highest BCUT2D eigenvalue weighted by molar-refractivity contribution is 6.34. The molecule has 0 unspecified atom stereocenters. The van der Waals surface area contributed by atoms with E-state index < -0.39 is 0 Å². The van der Waals surface area contributed by atoms with E-state index in [1.807, 2.05) is 11.7 Å². The lowest BCUT2D eigenvalue weighted by molar-refractivity contribution is 0.302. The molecule has 3 rings (SSSR count). The Hall–Kier alpha value is -1.06. The maximum atomic E-state index is 6.56. The summed E-state index contributed by atoms with van der Waals surface area (Å²) in [5, 5.41) is 5.81. The summed E-state index contributed by atoms with van der Waals surface area (Å²) >= 11 is 6.16. The van der Waals surface area contributed by atoms with Gasteiger partial charge in [-0.1, -0.05) is 36.9 Å². The highest BCUT2D eigenvalue weighted by atomic mass is 35.5. The Kier molecular flexibility index (Phi) is 2.83. The molecule has 0 saturated heterocycles. The average Bonchev–Trinajstić information content (AvgIpc) is 2.66. The molecule has 1 aromatic carbocycles. The maximum absolute atomic E-state index is 6.56. The summed E-state index contributed by atoms with van der Waals surface area (Å²) < 4.78 is 1.81. The summed E-state index contributed by atoms with van der Waals surface area (Å²) in [6, 6.07) is 6.33. The van der Waals surface area contributed by atoms with E-state index in [0.717, 1.165) is 23.7 Å². The van der Waals surface area contributed by atoms with Gasteiger partial charge in [-0.3, -0.25) is 4.68 Å². The second-order valence-electron chi connectivity index (χ2n) is 5.36. The summed E-state index contributed by atoms with van der Waals surface area (Å²) in [4.78, 5) is 0. The van der Waals surface area contributed by atoms with Gasteiger partial charge in [0.15, 0.2) is 5.15 Å². The molecule has 96 valence electrons. The monoisotopic (exact) mass is 263 g/mol. The third-order valence-electron chi connectivity index (χ3n) is 4.13. The van der Waals surface area contributed by atoms with Crippen molar-refractivity contribution in [1.29, 1.82) is 0 Å². The number of aromatic nitrogens is 2. The van der Waals surface area contributed by atoms with E-state index in [0.29, 0.717) is 5.15 Å². The van der Waals surface area contributed by atoms with Crippen LogP contribution in [0.5, 0.6) is 0 Å². The topological polar surface area (TPSA) is 43.8 Å². The number of fused-ring (bicyclic) bond motifs is 1. The van der Waals surface area contributed by atoms with Gasteiger partial charge in [-0.15, -0.1) is 0 Å². The lowest BCUT2D eigenvalue weighted by Gasteiger charge is -2.34. The molecule has 3 nitrogen and oxygen atoms in total. The average molecular weight is 264 g/mol. The van der Waals surface area contributed by atoms with Gasteiger partial charge in [0.1, 0.15) is 0 Å². The Morgan fingerprint density at radius 3 is 2.72 bits per heavy atom. The normalized spacial score (nSPS) is 19.3. The molecule has 0 amide bonds. The SMILES string of the molecule is Cn1nc(Cl)c2cc(C3(N)CCCCC3)ccc21. The number of hydrogen-bond acceptors (Lipinski definition) is 2. The first-order valence-corrected chi connectivity index (χ1v) is 6.90. The number of halogens is 1. The number of aryl methyl sites for hydroxylation is 1. The van der Waals surface area contributed by atoms with Gasteiger partial charge in [0.25, 0.3) is 0 Å². The number of hydrogen-bond donors (Lipinski definition) is 1. The molecule has 18 heavy (non-hydrogen) atoms. The molecule has 1 aliphatic rings. The number of benzene rings is 1. The van der Waals surface area contributed by atoms with Crippen molar-refractivity contribution in [3.8, 4) is 0 Å². The molecule has 1 aliphatic carbocycles.